The third-order valence-corrected chi connectivity index (χ3v) is 6.34. The quantitative estimate of drug-likeness (QED) is 0.232. The predicted octanol–water partition coefficient (Wildman–Crippen LogP) is 4.46. The zero-order chi connectivity index (χ0) is 26.1. The molecule has 2 aliphatic rings. The lowest BCUT2D eigenvalue weighted by molar-refractivity contribution is -0.132. The number of pyridine rings is 1. The molecular formula is C29H26N2O6. The number of esters is 1. The first kappa shape index (κ1) is 24.2. The Labute approximate surface area is 214 Å². The number of rotatable bonds is 6. The van der Waals surface area contributed by atoms with Crippen LogP contribution in [0.4, 0.5) is 5.69 Å². The van der Waals surface area contributed by atoms with Crippen molar-refractivity contribution in [3.63, 3.8) is 0 Å². The van der Waals surface area contributed by atoms with Gasteiger partial charge in [-0.3, -0.25) is 19.5 Å². The highest BCUT2D eigenvalue weighted by Gasteiger charge is 2.47. The number of fused-ring (bicyclic) bond motifs is 1. The zero-order valence-electron chi connectivity index (χ0n) is 20.5. The summed E-state index contributed by atoms with van der Waals surface area (Å²) in [5.41, 5.74) is 2.62. The third kappa shape index (κ3) is 4.58. The van der Waals surface area contributed by atoms with E-state index in [1.54, 1.807) is 67.0 Å². The highest BCUT2D eigenvalue weighted by atomic mass is 16.5. The molecule has 8 nitrogen and oxygen atoms in total. The van der Waals surface area contributed by atoms with Crippen molar-refractivity contribution in [3.05, 3.63) is 94.8 Å². The number of hydrogen-bond acceptors (Lipinski definition) is 7. The summed E-state index contributed by atoms with van der Waals surface area (Å²) >= 11 is 0. The van der Waals surface area contributed by atoms with Gasteiger partial charge < -0.3 is 14.6 Å². The molecule has 0 spiro atoms. The van der Waals surface area contributed by atoms with Crippen LogP contribution in [0.3, 0.4) is 0 Å². The van der Waals surface area contributed by atoms with E-state index in [9.17, 15) is 19.5 Å². The average molecular weight is 499 g/mol. The van der Waals surface area contributed by atoms with Gasteiger partial charge >= 0.3 is 5.97 Å². The van der Waals surface area contributed by atoms with Crippen molar-refractivity contribution in [2.75, 3.05) is 18.1 Å². The van der Waals surface area contributed by atoms with Crippen LogP contribution in [0, 0.1) is 5.92 Å². The fourth-order valence-corrected chi connectivity index (χ4v) is 4.53. The van der Waals surface area contributed by atoms with Gasteiger partial charge in [0.25, 0.3) is 11.7 Å². The Morgan fingerprint density at radius 3 is 2.59 bits per heavy atom. The second-order valence-corrected chi connectivity index (χ2v) is 9.42. The Balaban J connectivity index is 1.56. The number of aliphatic hydroxyl groups excluding tert-OH is 1. The lowest BCUT2D eigenvalue weighted by Crippen LogP contribution is -2.29. The standard InChI is InChI=1S/C29H26N2O6/c1-17(2)16-37-29(35)18-5-8-22(9-6-18)31-25(21-4-3-12-30-15-21)24(27(33)28(31)34)26(32)20-7-10-23-19(14-20)11-13-36-23/h3-10,12,14-15,17,25,32H,11,13,16H2,1-2H3/b26-24-. The number of aromatic nitrogens is 1. The average Bonchev–Trinajstić information content (AvgIpc) is 3.49. The number of benzene rings is 2. The van der Waals surface area contributed by atoms with Crippen LogP contribution >= 0.6 is 0 Å². The van der Waals surface area contributed by atoms with Crippen LogP contribution in [0.5, 0.6) is 5.75 Å². The van der Waals surface area contributed by atoms with E-state index in [2.05, 4.69) is 4.98 Å². The first-order chi connectivity index (χ1) is 17.8. The number of nitrogens with zero attached hydrogens (tertiary/aromatic N) is 2. The van der Waals surface area contributed by atoms with Gasteiger partial charge in [-0.25, -0.2) is 4.79 Å². The maximum Gasteiger partial charge on any atom is 0.338 e. The summed E-state index contributed by atoms with van der Waals surface area (Å²) in [5, 5.41) is 11.3. The van der Waals surface area contributed by atoms with Crippen LogP contribution < -0.4 is 9.64 Å². The molecule has 0 bridgehead atoms. The molecule has 0 saturated carbocycles. The van der Waals surface area contributed by atoms with Crippen LogP contribution in [0.1, 0.15) is 46.9 Å². The van der Waals surface area contributed by atoms with E-state index >= 15 is 0 Å². The molecule has 3 heterocycles. The maximum absolute atomic E-state index is 13.3. The second kappa shape index (κ2) is 9.89. The highest BCUT2D eigenvalue weighted by Crippen LogP contribution is 2.42. The van der Waals surface area contributed by atoms with E-state index in [0.29, 0.717) is 42.0 Å². The topological polar surface area (TPSA) is 106 Å². The van der Waals surface area contributed by atoms with Crippen molar-refractivity contribution in [1.82, 2.24) is 4.98 Å². The summed E-state index contributed by atoms with van der Waals surface area (Å²) in [6, 6.07) is 14.0. The minimum atomic E-state index is -0.906. The zero-order valence-corrected chi connectivity index (χ0v) is 20.5. The number of ketones is 1. The van der Waals surface area contributed by atoms with Gasteiger partial charge in [0, 0.05) is 30.1 Å². The Hall–Kier alpha value is -4.46. The number of anilines is 1. The molecule has 0 aliphatic carbocycles. The highest BCUT2D eigenvalue weighted by molar-refractivity contribution is 6.51. The Kier molecular flexibility index (Phi) is 6.48. The number of carbonyl (C=O) groups is 3. The lowest BCUT2D eigenvalue weighted by Gasteiger charge is -2.25. The molecular weight excluding hydrogens is 472 g/mol. The van der Waals surface area contributed by atoms with Crippen molar-refractivity contribution >= 4 is 29.1 Å². The molecule has 3 aromatic rings. The van der Waals surface area contributed by atoms with Gasteiger partial charge in [-0.2, -0.15) is 0 Å². The van der Waals surface area contributed by atoms with Crippen LogP contribution in [0.25, 0.3) is 5.76 Å². The second-order valence-electron chi connectivity index (χ2n) is 9.42. The Morgan fingerprint density at radius 1 is 1.14 bits per heavy atom. The number of ether oxygens (including phenoxy) is 2. The van der Waals surface area contributed by atoms with Gasteiger partial charge in [-0.15, -0.1) is 0 Å². The summed E-state index contributed by atoms with van der Waals surface area (Å²) in [6.45, 7) is 4.75. The molecule has 188 valence electrons. The predicted molar refractivity (Wildman–Crippen MR) is 136 cm³/mol. The molecule has 2 aromatic carbocycles. The van der Waals surface area contributed by atoms with Gasteiger partial charge in [-0.05, 0) is 65.6 Å². The SMILES string of the molecule is CC(C)COC(=O)c1ccc(N2C(=O)C(=O)/C(=C(\O)c3ccc4c(c3)CCO4)C2c2cccnc2)cc1. The molecule has 1 saturated heterocycles. The number of Topliss-reactive ketones (excluding diaryl/α,β-unsaturated/α-hetero) is 1. The van der Waals surface area contributed by atoms with E-state index in [4.69, 9.17) is 9.47 Å². The molecule has 0 radical (unpaired) electrons. The molecule has 5 rings (SSSR count). The number of hydrogen-bond donors (Lipinski definition) is 1. The summed E-state index contributed by atoms with van der Waals surface area (Å²) in [4.78, 5) is 44.5. The van der Waals surface area contributed by atoms with Crippen LogP contribution in [-0.4, -0.2) is 41.0 Å². The van der Waals surface area contributed by atoms with Crippen LogP contribution in [0.15, 0.2) is 72.6 Å². The van der Waals surface area contributed by atoms with Crippen molar-refractivity contribution in [3.8, 4) is 5.75 Å². The van der Waals surface area contributed by atoms with E-state index in [0.717, 1.165) is 11.3 Å². The molecule has 37 heavy (non-hydrogen) atoms. The van der Waals surface area contributed by atoms with Gasteiger partial charge in [0.2, 0.25) is 0 Å². The minimum absolute atomic E-state index is 0.0303. The molecule has 1 amide bonds. The van der Waals surface area contributed by atoms with E-state index in [1.807, 2.05) is 13.8 Å². The van der Waals surface area contributed by atoms with Gasteiger partial charge in [-0.1, -0.05) is 19.9 Å². The lowest BCUT2D eigenvalue weighted by atomic mass is 9.95. The van der Waals surface area contributed by atoms with E-state index in [1.165, 1.54) is 4.90 Å². The summed E-state index contributed by atoms with van der Waals surface area (Å²) in [5.74, 6) is -1.37. The molecule has 1 atom stereocenters. The monoisotopic (exact) mass is 498 g/mol. The maximum atomic E-state index is 13.3. The molecule has 8 heteroatoms. The van der Waals surface area contributed by atoms with Crippen molar-refractivity contribution < 1.29 is 29.0 Å². The fourth-order valence-electron chi connectivity index (χ4n) is 4.53. The van der Waals surface area contributed by atoms with Crippen molar-refractivity contribution in [1.29, 1.82) is 0 Å². The largest absolute Gasteiger partial charge is 0.507 e. The number of aliphatic hydroxyl groups is 1. The van der Waals surface area contributed by atoms with E-state index in [-0.39, 0.29) is 17.3 Å². The van der Waals surface area contributed by atoms with Gasteiger partial charge in [0.15, 0.2) is 0 Å². The smallest absolute Gasteiger partial charge is 0.338 e. The van der Waals surface area contributed by atoms with Crippen LogP contribution in [0.2, 0.25) is 0 Å². The molecule has 1 fully saturated rings. The summed E-state index contributed by atoms with van der Waals surface area (Å²) in [6.07, 6.45) is 3.85. The van der Waals surface area contributed by atoms with Crippen molar-refractivity contribution in [2.24, 2.45) is 5.92 Å². The van der Waals surface area contributed by atoms with Crippen molar-refractivity contribution in [2.45, 2.75) is 26.3 Å². The van der Waals surface area contributed by atoms with E-state index < -0.39 is 23.7 Å². The Bertz CT molecular complexity index is 1400. The molecule has 1 aromatic heterocycles. The molecule has 2 aliphatic heterocycles. The minimum Gasteiger partial charge on any atom is -0.507 e. The van der Waals surface area contributed by atoms with Gasteiger partial charge in [0.1, 0.15) is 11.5 Å². The first-order valence-electron chi connectivity index (χ1n) is 12.1. The van der Waals surface area contributed by atoms with Gasteiger partial charge in [0.05, 0.1) is 30.4 Å². The normalized spacial score (nSPS) is 18.1. The Morgan fingerprint density at radius 2 is 1.89 bits per heavy atom. The first-order valence-corrected chi connectivity index (χ1v) is 12.1. The molecule has 1 unspecified atom stereocenters. The molecule has 1 N–H and O–H groups in total. The summed E-state index contributed by atoms with van der Waals surface area (Å²) < 4.78 is 10.8. The fraction of sp³-hybridized carbons (Fsp3) is 0.241. The number of carbonyl (C=O) groups excluding carboxylic acids is 3. The van der Waals surface area contributed by atoms with Crippen LogP contribution in [-0.2, 0) is 20.7 Å². The number of amides is 1. The third-order valence-electron chi connectivity index (χ3n) is 6.34. The summed E-state index contributed by atoms with van der Waals surface area (Å²) in [7, 11) is 0.